The number of piperazine rings is 1. The van der Waals surface area contributed by atoms with Crippen LogP contribution in [0.2, 0.25) is 0 Å². The molecule has 0 unspecified atom stereocenters. The van der Waals surface area contributed by atoms with Crippen LogP contribution in [0.4, 0.5) is 0 Å². The minimum absolute atomic E-state index is 0.168. The molecule has 2 heterocycles. The number of hydrogen-bond donors (Lipinski definition) is 0. The maximum absolute atomic E-state index is 12.8. The predicted octanol–water partition coefficient (Wildman–Crippen LogP) is 6.64. The van der Waals surface area contributed by atoms with Crippen molar-refractivity contribution in [2.24, 2.45) is 4.99 Å². The van der Waals surface area contributed by atoms with Gasteiger partial charge in [-0.2, -0.15) is 4.99 Å². The molecule has 2 aliphatic heterocycles. The molecule has 0 N–H and O–H groups in total. The number of carbonyl (C=O) groups is 1. The van der Waals surface area contributed by atoms with Gasteiger partial charge in [0.25, 0.3) is 5.91 Å². The van der Waals surface area contributed by atoms with E-state index >= 15 is 0 Å². The number of thioether (sulfide) groups is 1. The summed E-state index contributed by atoms with van der Waals surface area (Å²) >= 11 is 1.47. The zero-order valence-corrected chi connectivity index (χ0v) is 23.0. The van der Waals surface area contributed by atoms with Crippen molar-refractivity contribution in [1.82, 2.24) is 9.80 Å². The van der Waals surface area contributed by atoms with Gasteiger partial charge < -0.3 is 9.64 Å². The average Bonchev–Trinajstić information content (AvgIpc) is 3.38. The summed E-state index contributed by atoms with van der Waals surface area (Å²) in [6.45, 7) is 3.97. The molecule has 0 spiro atoms. The van der Waals surface area contributed by atoms with Gasteiger partial charge in [0.15, 0.2) is 5.17 Å². The summed E-state index contributed by atoms with van der Waals surface area (Å²) in [4.78, 5) is 22.6. The minimum atomic E-state index is -0.168. The molecule has 1 amide bonds. The van der Waals surface area contributed by atoms with E-state index in [4.69, 9.17) is 4.74 Å². The summed E-state index contributed by atoms with van der Waals surface area (Å²) in [5.74, 6) is 0.633. The Morgan fingerprint density at radius 3 is 1.93 bits per heavy atom. The quantitative estimate of drug-likeness (QED) is 0.244. The highest BCUT2D eigenvalue weighted by molar-refractivity contribution is 8.18. The van der Waals surface area contributed by atoms with E-state index in [0.29, 0.717) is 11.5 Å². The maximum Gasteiger partial charge on any atom is 0.286 e. The van der Waals surface area contributed by atoms with Gasteiger partial charge in [-0.05, 0) is 52.2 Å². The minimum Gasteiger partial charge on any atom is -0.489 e. The van der Waals surface area contributed by atoms with Crippen molar-refractivity contribution in [3.05, 3.63) is 142 Å². The molecule has 5 nitrogen and oxygen atoms in total. The molecule has 2 aliphatic rings. The summed E-state index contributed by atoms with van der Waals surface area (Å²) in [7, 11) is 0. The lowest BCUT2D eigenvalue weighted by atomic mass is 9.96. The number of amidine groups is 1. The van der Waals surface area contributed by atoms with Crippen molar-refractivity contribution >= 4 is 28.9 Å². The zero-order chi connectivity index (χ0) is 27.1. The van der Waals surface area contributed by atoms with Crippen molar-refractivity contribution in [3.8, 4) is 5.75 Å². The Hall–Kier alpha value is -4.13. The summed E-state index contributed by atoms with van der Waals surface area (Å²) in [5, 5.41) is 0.801. The SMILES string of the molecule is O=C1N=C(N2CCN(C(c3ccccc3)c3ccccc3)CC2)SC1=Cc1ccc(OCc2ccccc2)cc1. The van der Waals surface area contributed by atoms with E-state index in [-0.39, 0.29) is 11.9 Å². The first-order valence-electron chi connectivity index (χ1n) is 13.6. The van der Waals surface area contributed by atoms with E-state index in [1.165, 1.54) is 22.9 Å². The average molecular weight is 546 g/mol. The summed E-state index contributed by atoms with van der Waals surface area (Å²) in [5.41, 5.74) is 4.68. The Bertz CT molecular complexity index is 1440. The molecule has 0 aliphatic carbocycles. The lowest BCUT2D eigenvalue weighted by molar-refractivity contribution is -0.113. The molecule has 1 saturated heterocycles. The topological polar surface area (TPSA) is 45.1 Å². The van der Waals surface area contributed by atoms with Crippen LogP contribution >= 0.6 is 11.8 Å². The van der Waals surface area contributed by atoms with E-state index in [2.05, 4.69) is 75.5 Å². The van der Waals surface area contributed by atoms with Crippen LogP contribution in [0.15, 0.2) is 125 Å². The Balaban J connectivity index is 1.07. The second kappa shape index (κ2) is 12.4. The maximum atomic E-state index is 12.8. The number of aliphatic imine (C=N–C) groups is 1. The number of ether oxygens (including phenoxy) is 1. The van der Waals surface area contributed by atoms with Crippen LogP contribution in [0.25, 0.3) is 6.08 Å². The number of carbonyl (C=O) groups excluding carboxylic acids is 1. The third-order valence-corrected chi connectivity index (χ3v) is 8.26. The Morgan fingerprint density at radius 2 is 1.32 bits per heavy atom. The normalized spacial score (nSPS) is 16.9. The number of benzene rings is 4. The molecular formula is C34H31N3O2S. The first-order chi connectivity index (χ1) is 19.7. The van der Waals surface area contributed by atoms with Crippen LogP contribution in [-0.4, -0.2) is 47.1 Å². The second-order valence-electron chi connectivity index (χ2n) is 9.90. The highest BCUT2D eigenvalue weighted by Gasteiger charge is 2.31. The van der Waals surface area contributed by atoms with Gasteiger partial charge in [0.05, 0.1) is 10.9 Å². The van der Waals surface area contributed by atoms with E-state index in [9.17, 15) is 4.79 Å². The number of rotatable bonds is 7. The largest absolute Gasteiger partial charge is 0.489 e. The molecule has 0 saturated carbocycles. The highest BCUT2D eigenvalue weighted by Crippen LogP contribution is 2.33. The lowest BCUT2D eigenvalue weighted by Gasteiger charge is -2.40. The standard InChI is InChI=1S/C34H31N3O2S/c38-33-31(24-26-16-18-30(19-17-26)39-25-27-10-4-1-5-11-27)40-34(35-33)37-22-20-36(21-23-37)32(28-12-6-2-7-13-28)29-14-8-3-9-15-29/h1-19,24,32H,20-23,25H2. The van der Waals surface area contributed by atoms with E-state index in [1.54, 1.807) is 0 Å². The number of amides is 1. The molecule has 4 aromatic carbocycles. The van der Waals surface area contributed by atoms with Gasteiger partial charge in [-0.15, -0.1) is 0 Å². The van der Waals surface area contributed by atoms with Gasteiger partial charge in [0.1, 0.15) is 12.4 Å². The first-order valence-corrected chi connectivity index (χ1v) is 14.4. The van der Waals surface area contributed by atoms with Crippen LogP contribution in [0.5, 0.6) is 5.75 Å². The molecule has 4 aromatic rings. The van der Waals surface area contributed by atoms with Gasteiger partial charge in [0, 0.05) is 26.2 Å². The molecule has 40 heavy (non-hydrogen) atoms. The van der Waals surface area contributed by atoms with Crippen LogP contribution in [0.3, 0.4) is 0 Å². The van der Waals surface area contributed by atoms with Crippen LogP contribution < -0.4 is 4.74 Å². The fourth-order valence-electron chi connectivity index (χ4n) is 5.14. The van der Waals surface area contributed by atoms with Crippen molar-refractivity contribution < 1.29 is 9.53 Å². The van der Waals surface area contributed by atoms with Crippen molar-refractivity contribution in [3.63, 3.8) is 0 Å². The molecule has 200 valence electrons. The smallest absolute Gasteiger partial charge is 0.286 e. The molecule has 0 bridgehead atoms. The Morgan fingerprint density at radius 1 is 0.750 bits per heavy atom. The van der Waals surface area contributed by atoms with Crippen LogP contribution in [0.1, 0.15) is 28.3 Å². The van der Waals surface area contributed by atoms with Crippen LogP contribution in [-0.2, 0) is 11.4 Å². The van der Waals surface area contributed by atoms with Gasteiger partial charge in [0.2, 0.25) is 0 Å². The van der Waals surface area contributed by atoms with Gasteiger partial charge >= 0.3 is 0 Å². The molecule has 6 rings (SSSR count). The Kier molecular flexibility index (Phi) is 8.07. The zero-order valence-electron chi connectivity index (χ0n) is 22.2. The van der Waals surface area contributed by atoms with Crippen molar-refractivity contribution in [2.75, 3.05) is 26.2 Å². The number of nitrogens with zero attached hydrogens (tertiary/aromatic N) is 3. The third-order valence-electron chi connectivity index (χ3n) is 7.22. The molecular weight excluding hydrogens is 514 g/mol. The Labute approximate surface area is 239 Å². The van der Waals surface area contributed by atoms with E-state index in [0.717, 1.165) is 48.2 Å². The van der Waals surface area contributed by atoms with E-state index in [1.807, 2.05) is 60.7 Å². The molecule has 0 radical (unpaired) electrons. The molecule has 1 fully saturated rings. The predicted molar refractivity (Wildman–Crippen MR) is 163 cm³/mol. The van der Waals surface area contributed by atoms with Gasteiger partial charge in [-0.3, -0.25) is 9.69 Å². The second-order valence-corrected chi connectivity index (χ2v) is 10.9. The summed E-state index contributed by atoms with van der Waals surface area (Å²) in [6.07, 6.45) is 1.92. The monoisotopic (exact) mass is 545 g/mol. The highest BCUT2D eigenvalue weighted by atomic mass is 32.2. The molecule has 0 aromatic heterocycles. The molecule has 6 heteroatoms. The van der Waals surface area contributed by atoms with Crippen molar-refractivity contribution in [2.45, 2.75) is 12.6 Å². The third kappa shape index (κ3) is 6.19. The fourth-order valence-corrected chi connectivity index (χ4v) is 6.11. The van der Waals surface area contributed by atoms with Gasteiger partial charge in [-0.25, -0.2) is 0 Å². The summed E-state index contributed by atoms with van der Waals surface area (Å²) < 4.78 is 5.89. The summed E-state index contributed by atoms with van der Waals surface area (Å²) in [6, 6.07) is 39.5. The fraction of sp³-hybridized carbons (Fsp3) is 0.176. The number of hydrogen-bond acceptors (Lipinski definition) is 5. The van der Waals surface area contributed by atoms with Gasteiger partial charge in [-0.1, -0.05) is 103 Å². The van der Waals surface area contributed by atoms with Crippen molar-refractivity contribution in [1.29, 1.82) is 0 Å². The first kappa shape index (κ1) is 26.1. The van der Waals surface area contributed by atoms with Crippen LogP contribution in [0, 0.1) is 0 Å². The van der Waals surface area contributed by atoms with E-state index < -0.39 is 0 Å². The molecule has 0 atom stereocenters. The lowest BCUT2D eigenvalue weighted by Crippen LogP contribution is -2.49.